The first-order valence-electron chi connectivity index (χ1n) is 7.45. The van der Waals surface area contributed by atoms with Gasteiger partial charge in [-0.15, -0.1) is 0 Å². The van der Waals surface area contributed by atoms with E-state index >= 15 is 0 Å². The second-order valence-corrected chi connectivity index (χ2v) is 5.38. The van der Waals surface area contributed by atoms with Crippen LogP contribution in [0.25, 0.3) is 0 Å². The number of hydrogen-bond acceptors (Lipinski definition) is 4. The Kier molecular flexibility index (Phi) is 6.25. The van der Waals surface area contributed by atoms with Crippen molar-refractivity contribution in [2.45, 2.75) is 26.0 Å². The first kappa shape index (κ1) is 17.9. The van der Waals surface area contributed by atoms with Crippen LogP contribution in [0.1, 0.15) is 12.0 Å². The van der Waals surface area contributed by atoms with Crippen LogP contribution in [0.2, 0.25) is 0 Å². The van der Waals surface area contributed by atoms with Crippen LogP contribution in [0.4, 0.5) is 8.78 Å². The summed E-state index contributed by atoms with van der Waals surface area (Å²) in [6.07, 6.45) is 2.81. The standard InChI is InChI=1S/C16H19F2N3O3/c1-11-7-20-21(9-11)5-4-16(23)19-8-12(22)10-24-13-2-3-14(17)15(18)6-13/h2-3,6-7,9,12,22H,4-5,8,10H2,1H3,(H,19,23). The van der Waals surface area contributed by atoms with Gasteiger partial charge in [-0.3, -0.25) is 9.48 Å². The highest BCUT2D eigenvalue weighted by Crippen LogP contribution is 2.15. The number of ether oxygens (including phenoxy) is 1. The van der Waals surface area contributed by atoms with Gasteiger partial charge in [0.2, 0.25) is 5.91 Å². The Labute approximate surface area is 138 Å². The number of carbonyl (C=O) groups is 1. The van der Waals surface area contributed by atoms with Crippen LogP contribution in [0, 0.1) is 18.6 Å². The van der Waals surface area contributed by atoms with Crippen LogP contribution >= 0.6 is 0 Å². The Morgan fingerprint density at radius 1 is 1.42 bits per heavy atom. The Morgan fingerprint density at radius 3 is 2.88 bits per heavy atom. The molecule has 1 aromatic carbocycles. The first-order chi connectivity index (χ1) is 11.4. The fraction of sp³-hybridized carbons (Fsp3) is 0.375. The largest absolute Gasteiger partial charge is 0.491 e. The molecule has 0 aliphatic carbocycles. The van der Waals surface area contributed by atoms with Gasteiger partial charge in [0.25, 0.3) is 0 Å². The van der Waals surface area contributed by atoms with E-state index in [-0.39, 0.29) is 31.2 Å². The summed E-state index contributed by atoms with van der Waals surface area (Å²) in [7, 11) is 0. The molecule has 2 aromatic rings. The van der Waals surface area contributed by atoms with Gasteiger partial charge in [-0.05, 0) is 24.6 Å². The molecule has 1 atom stereocenters. The van der Waals surface area contributed by atoms with Crippen molar-refractivity contribution in [3.63, 3.8) is 0 Å². The van der Waals surface area contributed by atoms with Crippen LogP contribution in [0.3, 0.4) is 0 Å². The fourth-order valence-corrected chi connectivity index (χ4v) is 1.94. The molecule has 6 nitrogen and oxygen atoms in total. The lowest BCUT2D eigenvalue weighted by atomic mass is 10.3. The molecule has 2 N–H and O–H groups in total. The predicted molar refractivity (Wildman–Crippen MR) is 82.5 cm³/mol. The van der Waals surface area contributed by atoms with Crippen molar-refractivity contribution >= 4 is 5.91 Å². The highest BCUT2D eigenvalue weighted by molar-refractivity contribution is 5.75. The van der Waals surface area contributed by atoms with Crippen molar-refractivity contribution in [3.8, 4) is 5.75 Å². The fourth-order valence-electron chi connectivity index (χ4n) is 1.94. The van der Waals surface area contributed by atoms with Gasteiger partial charge in [-0.2, -0.15) is 5.10 Å². The minimum atomic E-state index is -1.02. The zero-order valence-electron chi connectivity index (χ0n) is 13.2. The molecule has 1 heterocycles. The Hall–Kier alpha value is -2.48. The third kappa shape index (κ3) is 5.62. The van der Waals surface area contributed by atoms with Gasteiger partial charge in [0.1, 0.15) is 18.5 Å². The molecule has 1 amide bonds. The molecule has 0 bridgehead atoms. The highest BCUT2D eigenvalue weighted by atomic mass is 19.2. The van der Waals surface area contributed by atoms with Crippen LogP contribution in [0.5, 0.6) is 5.75 Å². The summed E-state index contributed by atoms with van der Waals surface area (Å²) in [5.41, 5.74) is 1.01. The molecule has 0 saturated heterocycles. The third-order valence-corrected chi connectivity index (χ3v) is 3.20. The van der Waals surface area contributed by atoms with Crippen LogP contribution in [-0.4, -0.2) is 40.0 Å². The van der Waals surface area contributed by atoms with E-state index in [0.717, 1.165) is 17.7 Å². The number of aliphatic hydroxyl groups excluding tert-OH is 1. The smallest absolute Gasteiger partial charge is 0.221 e. The SMILES string of the molecule is Cc1cnn(CCC(=O)NCC(O)COc2ccc(F)c(F)c2)c1. The Balaban J connectivity index is 1.65. The molecule has 0 fully saturated rings. The molecule has 130 valence electrons. The number of nitrogens with one attached hydrogen (secondary N) is 1. The lowest BCUT2D eigenvalue weighted by Gasteiger charge is -2.13. The number of carbonyl (C=O) groups excluding carboxylic acids is 1. The summed E-state index contributed by atoms with van der Waals surface area (Å²) in [6, 6.07) is 3.10. The van der Waals surface area contributed by atoms with E-state index in [1.807, 2.05) is 13.1 Å². The Morgan fingerprint density at radius 2 is 2.21 bits per heavy atom. The molecule has 0 spiro atoms. The summed E-state index contributed by atoms with van der Waals surface area (Å²) >= 11 is 0. The van der Waals surface area contributed by atoms with Crippen LogP contribution < -0.4 is 10.1 Å². The quantitative estimate of drug-likeness (QED) is 0.763. The van der Waals surface area contributed by atoms with Crippen molar-refractivity contribution < 1.29 is 23.4 Å². The number of rotatable bonds is 8. The summed E-state index contributed by atoms with van der Waals surface area (Å²) in [5.74, 6) is -2.12. The monoisotopic (exact) mass is 339 g/mol. The van der Waals surface area contributed by atoms with Gasteiger partial charge in [0.05, 0.1) is 6.20 Å². The lowest BCUT2D eigenvalue weighted by Crippen LogP contribution is -2.35. The third-order valence-electron chi connectivity index (χ3n) is 3.20. The molecule has 1 aromatic heterocycles. The number of amides is 1. The van der Waals surface area contributed by atoms with Crippen LogP contribution in [-0.2, 0) is 11.3 Å². The van der Waals surface area contributed by atoms with Crippen molar-refractivity contribution in [3.05, 3.63) is 47.8 Å². The summed E-state index contributed by atoms with van der Waals surface area (Å²) in [5, 5.41) is 16.4. The van der Waals surface area contributed by atoms with E-state index < -0.39 is 17.7 Å². The zero-order chi connectivity index (χ0) is 17.5. The van der Waals surface area contributed by atoms with Crippen molar-refractivity contribution in [2.24, 2.45) is 0 Å². The molecule has 8 heteroatoms. The molecule has 2 rings (SSSR count). The average molecular weight is 339 g/mol. The minimum Gasteiger partial charge on any atom is -0.491 e. The molecule has 0 radical (unpaired) electrons. The number of aromatic nitrogens is 2. The summed E-state index contributed by atoms with van der Waals surface area (Å²) in [4.78, 5) is 11.7. The minimum absolute atomic E-state index is 0.000640. The van der Waals surface area contributed by atoms with E-state index in [2.05, 4.69) is 10.4 Å². The van der Waals surface area contributed by atoms with E-state index in [0.29, 0.717) is 6.54 Å². The zero-order valence-corrected chi connectivity index (χ0v) is 13.2. The molecule has 0 saturated carbocycles. The Bertz CT molecular complexity index is 691. The molecular weight excluding hydrogens is 320 g/mol. The average Bonchev–Trinajstić information content (AvgIpc) is 2.97. The molecule has 1 unspecified atom stereocenters. The van der Waals surface area contributed by atoms with Crippen molar-refractivity contribution in [1.29, 1.82) is 0 Å². The molecule has 0 aliphatic rings. The molecule has 0 aliphatic heterocycles. The maximum absolute atomic E-state index is 13.0. The number of halogens is 2. The maximum atomic E-state index is 13.0. The number of aliphatic hydroxyl groups is 1. The number of aryl methyl sites for hydroxylation is 2. The van der Waals surface area contributed by atoms with Gasteiger partial charge in [0, 0.05) is 31.8 Å². The molecular formula is C16H19F2N3O3. The van der Waals surface area contributed by atoms with Crippen LogP contribution in [0.15, 0.2) is 30.6 Å². The van der Waals surface area contributed by atoms with Gasteiger partial charge in [0.15, 0.2) is 11.6 Å². The second kappa shape index (κ2) is 8.39. The number of hydrogen-bond donors (Lipinski definition) is 2. The predicted octanol–water partition coefficient (Wildman–Crippen LogP) is 1.42. The van der Waals surface area contributed by atoms with E-state index in [4.69, 9.17) is 4.74 Å². The topological polar surface area (TPSA) is 76.4 Å². The van der Waals surface area contributed by atoms with E-state index in [1.54, 1.807) is 10.9 Å². The van der Waals surface area contributed by atoms with Crippen molar-refractivity contribution in [2.75, 3.05) is 13.2 Å². The van der Waals surface area contributed by atoms with Crippen molar-refractivity contribution in [1.82, 2.24) is 15.1 Å². The molecule has 24 heavy (non-hydrogen) atoms. The van der Waals surface area contributed by atoms with Gasteiger partial charge >= 0.3 is 0 Å². The first-order valence-corrected chi connectivity index (χ1v) is 7.45. The van der Waals surface area contributed by atoms with Gasteiger partial charge < -0.3 is 15.2 Å². The number of benzene rings is 1. The second-order valence-electron chi connectivity index (χ2n) is 5.38. The lowest BCUT2D eigenvalue weighted by molar-refractivity contribution is -0.121. The maximum Gasteiger partial charge on any atom is 0.221 e. The van der Waals surface area contributed by atoms with Gasteiger partial charge in [-0.1, -0.05) is 0 Å². The highest BCUT2D eigenvalue weighted by Gasteiger charge is 2.10. The van der Waals surface area contributed by atoms with E-state index in [1.165, 1.54) is 6.07 Å². The summed E-state index contributed by atoms with van der Waals surface area (Å²) in [6.45, 7) is 2.21. The van der Waals surface area contributed by atoms with Gasteiger partial charge in [-0.25, -0.2) is 8.78 Å². The normalized spacial score (nSPS) is 12.0. The van der Waals surface area contributed by atoms with E-state index in [9.17, 15) is 18.7 Å². The summed E-state index contributed by atoms with van der Waals surface area (Å²) < 4.78 is 32.6. The number of nitrogens with zero attached hydrogens (tertiary/aromatic N) is 2.